The van der Waals surface area contributed by atoms with Crippen LogP contribution in [-0.4, -0.2) is 21.9 Å². The lowest BCUT2D eigenvalue weighted by Crippen LogP contribution is -2.25. The van der Waals surface area contributed by atoms with Crippen LogP contribution in [-0.2, 0) is 6.54 Å². The van der Waals surface area contributed by atoms with Gasteiger partial charge >= 0.3 is 0 Å². The number of pyridine rings is 2. The average Bonchev–Trinajstić information content (AvgIpc) is 3.31. The average molecular weight is 268 g/mol. The van der Waals surface area contributed by atoms with Gasteiger partial charge in [-0.1, -0.05) is 6.07 Å². The maximum Gasteiger partial charge on any atom is 0.253 e. The summed E-state index contributed by atoms with van der Waals surface area (Å²) in [6.45, 7) is 0.613. The summed E-state index contributed by atoms with van der Waals surface area (Å²) in [5, 5.41) is 6.11. The topological polar surface area (TPSA) is 66.9 Å². The van der Waals surface area contributed by atoms with E-state index in [4.69, 9.17) is 0 Å². The van der Waals surface area contributed by atoms with Crippen molar-refractivity contribution in [2.45, 2.75) is 25.4 Å². The smallest absolute Gasteiger partial charge is 0.253 e. The van der Waals surface area contributed by atoms with Crippen molar-refractivity contribution in [1.29, 1.82) is 0 Å². The van der Waals surface area contributed by atoms with Gasteiger partial charge in [0.25, 0.3) is 5.91 Å². The van der Waals surface area contributed by atoms with E-state index in [0.717, 1.165) is 24.4 Å². The van der Waals surface area contributed by atoms with E-state index in [9.17, 15) is 4.79 Å². The zero-order valence-corrected chi connectivity index (χ0v) is 11.0. The number of carbonyl (C=O) groups excluding carboxylic acids is 1. The van der Waals surface area contributed by atoms with Crippen molar-refractivity contribution >= 4 is 11.7 Å². The number of nitrogens with zero attached hydrogens (tertiary/aromatic N) is 2. The molecule has 0 atom stereocenters. The van der Waals surface area contributed by atoms with Gasteiger partial charge in [-0.05, 0) is 37.1 Å². The largest absolute Gasteiger partial charge is 0.364 e. The van der Waals surface area contributed by atoms with Gasteiger partial charge in [0.15, 0.2) is 0 Å². The van der Waals surface area contributed by atoms with Crippen LogP contribution >= 0.6 is 0 Å². The lowest BCUT2D eigenvalue weighted by Gasteiger charge is -2.06. The fraction of sp³-hybridized carbons (Fsp3) is 0.267. The predicted molar refractivity (Wildman–Crippen MR) is 76.3 cm³/mol. The van der Waals surface area contributed by atoms with Crippen LogP contribution in [0.1, 0.15) is 28.9 Å². The molecule has 2 aromatic rings. The number of carbonyl (C=O) groups is 1. The second kappa shape index (κ2) is 5.69. The monoisotopic (exact) mass is 268 g/mol. The molecule has 1 aliphatic rings. The molecule has 20 heavy (non-hydrogen) atoms. The minimum absolute atomic E-state index is 0.0451. The first-order valence-electron chi connectivity index (χ1n) is 6.72. The first kappa shape index (κ1) is 12.6. The van der Waals surface area contributed by atoms with Gasteiger partial charge in [-0.3, -0.25) is 9.78 Å². The molecule has 2 N–H and O–H groups in total. The number of hydrogen-bond donors (Lipinski definition) is 2. The van der Waals surface area contributed by atoms with Gasteiger partial charge in [-0.25, -0.2) is 4.98 Å². The van der Waals surface area contributed by atoms with E-state index in [1.54, 1.807) is 18.5 Å². The van der Waals surface area contributed by atoms with Crippen LogP contribution in [0.5, 0.6) is 0 Å². The molecule has 5 nitrogen and oxygen atoms in total. The first-order valence-corrected chi connectivity index (χ1v) is 6.72. The highest BCUT2D eigenvalue weighted by Crippen LogP contribution is 2.19. The van der Waals surface area contributed by atoms with E-state index in [0.29, 0.717) is 18.2 Å². The predicted octanol–water partition coefficient (Wildman–Crippen LogP) is 1.98. The quantitative estimate of drug-likeness (QED) is 0.870. The van der Waals surface area contributed by atoms with Crippen molar-refractivity contribution in [3.63, 3.8) is 0 Å². The van der Waals surface area contributed by atoms with Gasteiger partial charge in [-0.15, -0.1) is 0 Å². The summed E-state index contributed by atoms with van der Waals surface area (Å²) in [6.07, 6.45) is 5.53. The minimum atomic E-state index is -0.0451. The van der Waals surface area contributed by atoms with Gasteiger partial charge in [0.2, 0.25) is 0 Å². The Morgan fingerprint density at radius 2 is 2.10 bits per heavy atom. The van der Waals surface area contributed by atoms with Crippen molar-refractivity contribution in [2.75, 3.05) is 5.32 Å². The zero-order chi connectivity index (χ0) is 13.8. The third-order valence-electron chi connectivity index (χ3n) is 3.12. The van der Waals surface area contributed by atoms with Crippen molar-refractivity contribution < 1.29 is 4.79 Å². The normalized spacial score (nSPS) is 13.8. The molecule has 0 bridgehead atoms. The minimum Gasteiger partial charge on any atom is -0.364 e. The summed E-state index contributed by atoms with van der Waals surface area (Å²) in [7, 11) is 0. The third kappa shape index (κ3) is 3.32. The molecule has 0 saturated heterocycles. The lowest BCUT2D eigenvalue weighted by molar-refractivity contribution is 0.0951. The number of nitrogens with one attached hydrogen (secondary N) is 2. The first-order chi connectivity index (χ1) is 9.81. The molecule has 1 fully saturated rings. The van der Waals surface area contributed by atoms with Crippen molar-refractivity contribution in [3.05, 3.63) is 54.0 Å². The highest BCUT2D eigenvalue weighted by molar-refractivity contribution is 5.94. The maximum absolute atomic E-state index is 11.8. The second-order valence-corrected chi connectivity index (χ2v) is 4.85. The fourth-order valence-electron chi connectivity index (χ4n) is 1.81. The Hall–Kier alpha value is -2.43. The Morgan fingerprint density at radius 1 is 1.20 bits per heavy atom. The van der Waals surface area contributed by atoms with Gasteiger partial charge < -0.3 is 10.6 Å². The fourth-order valence-corrected chi connectivity index (χ4v) is 1.81. The molecule has 5 heteroatoms. The SMILES string of the molecule is O=C(NC1CC1)c1ccc(NCc2ccccn2)nc1. The molecule has 102 valence electrons. The number of aromatic nitrogens is 2. The summed E-state index contributed by atoms with van der Waals surface area (Å²) in [4.78, 5) is 20.3. The van der Waals surface area contributed by atoms with Gasteiger partial charge in [0, 0.05) is 18.4 Å². The van der Waals surface area contributed by atoms with E-state index >= 15 is 0 Å². The summed E-state index contributed by atoms with van der Waals surface area (Å²) in [5.41, 5.74) is 1.55. The number of amides is 1. The molecule has 0 aromatic carbocycles. The molecule has 0 radical (unpaired) electrons. The van der Waals surface area contributed by atoms with Crippen molar-refractivity contribution in [3.8, 4) is 0 Å². The van der Waals surface area contributed by atoms with Crippen LogP contribution in [0.15, 0.2) is 42.7 Å². The van der Waals surface area contributed by atoms with Gasteiger partial charge in [0.05, 0.1) is 17.8 Å². The third-order valence-corrected chi connectivity index (χ3v) is 3.12. The van der Waals surface area contributed by atoms with Crippen LogP contribution in [0.4, 0.5) is 5.82 Å². The van der Waals surface area contributed by atoms with Crippen molar-refractivity contribution in [1.82, 2.24) is 15.3 Å². The molecule has 2 aromatic heterocycles. The van der Waals surface area contributed by atoms with E-state index < -0.39 is 0 Å². The number of anilines is 1. The van der Waals surface area contributed by atoms with Gasteiger partial charge in [0.1, 0.15) is 5.82 Å². The summed E-state index contributed by atoms with van der Waals surface area (Å²) in [5.74, 6) is 0.690. The molecule has 1 aliphatic carbocycles. The highest BCUT2D eigenvalue weighted by atomic mass is 16.1. The molecule has 2 heterocycles. The van der Waals surface area contributed by atoms with Gasteiger partial charge in [-0.2, -0.15) is 0 Å². The molecule has 1 saturated carbocycles. The zero-order valence-electron chi connectivity index (χ0n) is 11.0. The summed E-state index contributed by atoms with van der Waals surface area (Å²) < 4.78 is 0. The Morgan fingerprint density at radius 3 is 2.75 bits per heavy atom. The summed E-state index contributed by atoms with van der Waals surface area (Å²) >= 11 is 0. The molecule has 0 aliphatic heterocycles. The van der Waals surface area contributed by atoms with Crippen LogP contribution in [0.25, 0.3) is 0 Å². The van der Waals surface area contributed by atoms with E-state index in [1.807, 2.05) is 24.3 Å². The second-order valence-electron chi connectivity index (χ2n) is 4.85. The van der Waals surface area contributed by atoms with E-state index in [-0.39, 0.29) is 5.91 Å². The molecule has 0 unspecified atom stereocenters. The number of rotatable bonds is 5. The standard InChI is InChI=1S/C15H16N4O/c20-15(19-12-5-6-12)11-4-7-14(17-9-11)18-10-13-3-1-2-8-16-13/h1-4,7-9,12H,5-6,10H2,(H,17,18)(H,19,20). The van der Waals surface area contributed by atoms with Crippen LogP contribution in [0.2, 0.25) is 0 Å². The van der Waals surface area contributed by atoms with Crippen LogP contribution in [0, 0.1) is 0 Å². The van der Waals surface area contributed by atoms with E-state index in [2.05, 4.69) is 20.6 Å². The van der Waals surface area contributed by atoms with Crippen LogP contribution in [0.3, 0.4) is 0 Å². The number of hydrogen-bond acceptors (Lipinski definition) is 4. The molecule has 1 amide bonds. The maximum atomic E-state index is 11.8. The Balaban J connectivity index is 1.56. The Labute approximate surface area is 117 Å². The molecular weight excluding hydrogens is 252 g/mol. The van der Waals surface area contributed by atoms with Crippen molar-refractivity contribution in [2.24, 2.45) is 0 Å². The highest BCUT2D eigenvalue weighted by Gasteiger charge is 2.23. The Bertz CT molecular complexity index is 579. The molecule has 0 spiro atoms. The molecular formula is C15H16N4O. The van der Waals surface area contributed by atoms with Crippen LogP contribution < -0.4 is 10.6 Å². The lowest BCUT2D eigenvalue weighted by atomic mass is 10.2. The Kier molecular flexibility index (Phi) is 3.58. The molecule has 3 rings (SSSR count). The summed E-state index contributed by atoms with van der Waals surface area (Å²) in [6, 6.07) is 9.74. The van der Waals surface area contributed by atoms with E-state index in [1.165, 1.54) is 0 Å².